The van der Waals surface area contributed by atoms with E-state index in [1.54, 1.807) is 0 Å². The summed E-state index contributed by atoms with van der Waals surface area (Å²) < 4.78 is 0. The molecule has 26 heavy (non-hydrogen) atoms. The van der Waals surface area contributed by atoms with E-state index in [4.69, 9.17) is 12.2 Å². The standard InChI is InChI=1S/C23H34N2S/c1-22(2)17-14-15-18(16-17)23(22,3)21(26)24-25(19-10-6-4-7-11-19)20-12-8-5-9-13-20/h4,6-7,10-11,17-18,20H,5,8-9,12-16H2,1-3H3,(H,24,26). The van der Waals surface area contributed by atoms with Gasteiger partial charge in [0.25, 0.3) is 0 Å². The van der Waals surface area contributed by atoms with Crippen LogP contribution < -0.4 is 10.4 Å². The maximum atomic E-state index is 6.13. The number of nitrogens with zero attached hydrogens (tertiary/aromatic N) is 1. The lowest BCUT2D eigenvalue weighted by molar-refractivity contribution is 0.0841. The Balaban J connectivity index is 1.60. The lowest BCUT2D eigenvalue weighted by atomic mass is 9.58. The van der Waals surface area contributed by atoms with Gasteiger partial charge in [0.1, 0.15) is 4.99 Å². The fraction of sp³-hybridized carbons (Fsp3) is 0.696. The highest BCUT2D eigenvalue weighted by molar-refractivity contribution is 7.80. The average molecular weight is 371 g/mol. The molecule has 0 heterocycles. The lowest BCUT2D eigenvalue weighted by Crippen LogP contribution is -2.57. The zero-order chi connectivity index (χ0) is 18.4. The van der Waals surface area contributed by atoms with Gasteiger partial charge in [0, 0.05) is 5.41 Å². The van der Waals surface area contributed by atoms with Gasteiger partial charge in [-0.05, 0) is 61.5 Å². The molecule has 142 valence electrons. The summed E-state index contributed by atoms with van der Waals surface area (Å²) in [4.78, 5) is 1.07. The highest BCUT2D eigenvalue weighted by Crippen LogP contribution is 2.66. The molecule has 3 unspecified atom stereocenters. The van der Waals surface area contributed by atoms with Gasteiger partial charge in [-0.25, -0.2) is 0 Å². The van der Waals surface area contributed by atoms with Crippen molar-refractivity contribution < 1.29 is 0 Å². The minimum Gasteiger partial charge on any atom is -0.291 e. The summed E-state index contributed by atoms with van der Waals surface area (Å²) in [5.41, 5.74) is 5.44. The summed E-state index contributed by atoms with van der Waals surface area (Å²) in [6.45, 7) is 7.35. The van der Waals surface area contributed by atoms with Crippen molar-refractivity contribution in [3.63, 3.8) is 0 Å². The van der Waals surface area contributed by atoms with Crippen molar-refractivity contribution in [1.29, 1.82) is 0 Å². The van der Waals surface area contributed by atoms with Crippen LogP contribution >= 0.6 is 12.2 Å². The SMILES string of the molecule is CC1(C)C2CCC(C2)C1(C)C(=S)NN(c1ccccc1)C1CCCCC1. The Morgan fingerprint density at radius 1 is 0.962 bits per heavy atom. The number of anilines is 1. The van der Waals surface area contributed by atoms with Crippen molar-refractivity contribution in [2.75, 3.05) is 5.01 Å². The summed E-state index contributed by atoms with van der Waals surface area (Å²) in [6.07, 6.45) is 10.7. The van der Waals surface area contributed by atoms with Gasteiger partial charge < -0.3 is 0 Å². The second-order valence-electron chi connectivity index (χ2n) is 9.57. The number of fused-ring (bicyclic) bond motifs is 2. The van der Waals surface area contributed by atoms with Crippen molar-refractivity contribution in [2.45, 2.75) is 78.2 Å². The van der Waals surface area contributed by atoms with Gasteiger partial charge in [0.15, 0.2) is 0 Å². The Morgan fingerprint density at radius 3 is 2.23 bits per heavy atom. The Kier molecular flexibility index (Phi) is 4.79. The van der Waals surface area contributed by atoms with Crippen LogP contribution in [0.5, 0.6) is 0 Å². The molecule has 3 saturated carbocycles. The normalized spacial score (nSPS) is 33.2. The van der Waals surface area contributed by atoms with E-state index in [0.29, 0.717) is 6.04 Å². The molecule has 0 radical (unpaired) electrons. The zero-order valence-corrected chi connectivity index (χ0v) is 17.4. The van der Waals surface area contributed by atoms with Crippen LogP contribution in [-0.4, -0.2) is 11.0 Å². The first-order chi connectivity index (χ1) is 12.4. The Hall–Kier alpha value is -1.09. The maximum absolute atomic E-state index is 6.13. The van der Waals surface area contributed by atoms with Crippen LogP contribution in [0.2, 0.25) is 0 Å². The summed E-state index contributed by atoms with van der Waals surface area (Å²) in [5, 5.41) is 2.41. The first-order valence-electron chi connectivity index (χ1n) is 10.6. The van der Waals surface area contributed by atoms with E-state index in [2.05, 4.69) is 61.5 Å². The molecule has 0 saturated heterocycles. The molecule has 2 nitrogen and oxygen atoms in total. The van der Waals surface area contributed by atoms with E-state index < -0.39 is 0 Å². The number of hydrazine groups is 1. The molecule has 0 spiro atoms. The third kappa shape index (κ3) is 2.78. The Morgan fingerprint density at radius 2 is 1.62 bits per heavy atom. The molecule has 3 aliphatic rings. The molecule has 3 heteroatoms. The second kappa shape index (κ2) is 6.82. The molecule has 0 aliphatic heterocycles. The number of thiocarbonyl (C=S) groups is 1. The van der Waals surface area contributed by atoms with Crippen LogP contribution in [0.4, 0.5) is 5.69 Å². The van der Waals surface area contributed by atoms with E-state index >= 15 is 0 Å². The van der Waals surface area contributed by atoms with Gasteiger partial charge in [-0.1, -0.05) is 70.5 Å². The van der Waals surface area contributed by atoms with Gasteiger partial charge in [0.2, 0.25) is 0 Å². The van der Waals surface area contributed by atoms with E-state index in [1.165, 1.54) is 57.1 Å². The number of hydrogen-bond donors (Lipinski definition) is 1. The zero-order valence-electron chi connectivity index (χ0n) is 16.6. The highest BCUT2D eigenvalue weighted by Gasteiger charge is 2.62. The smallest absolute Gasteiger partial charge is 0.101 e. The van der Waals surface area contributed by atoms with Crippen molar-refractivity contribution >= 4 is 22.9 Å². The number of hydrogen-bond acceptors (Lipinski definition) is 2. The third-order valence-corrected chi connectivity index (χ3v) is 8.79. The molecule has 4 rings (SSSR count). The van der Waals surface area contributed by atoms with Gasteiger partial charge >= 0.3 is 0 Å². The summed E-state index contributed by atoms with van der Waals surface area (Å²) in [5.74, 6) is 1.57. The van der Waals surface area contributed by atoms with Crippen LogP contribution in [0.15, 0.2) is 30.3 Å². The molecule has 1 N–H and O–H groups in total. The molecule has 0 aromatic heterocycles. The lowest BCUT2D eigenvalue weighted by Gasteiger charge is -2.50. The fourth-order valence-corrected chi connectivity index (χ4v) is 6.64. The predicted octanol–water partition coefficient (Wildman–Crippen LogP) is 6.12. The van der Waals surface area contributed by atoms with Crippen LogP contribution in [0, 0.1) is 22.7 Å². The van der Waals surface area contributed by atoms with Crippen LogP contribution in [0.25, 0.3) is 0 Å². The molecule has 3 aliphatic carbocycles. The molecule has 1 aromatic rings. The van der Waals surface area contributed by atoms with E-state index in [-0.39, 0.29) is 10.8 Å². The van der Waals surface area contributed by atoms with E-state index in [9.17, 15) is 0 Å². The first-order valence-corrected chi connectivity index (χ1v) is 11.0. The summed E-state index contributed by atoms with van der Waals surface area (Å²) in [6, 6.07) is 11.4. The number of benzene rings is 1. The third-order valence-electron chi connectivity index (χ3n) is 8.28. The van der Waals surface area contributed by atoms with Gasteiger partial charge in [-0.2, -0.15) is 0 Å². The fourth-order valence-electron chi connectivity index (χ4n) is 6.11. The second-order valence-corrected chi connectivity index (χ2v) is 9.98. The van der Waals surface area contributed by atoms with Crippen molar-refractivity contribution in [2.24, 2.45) is 22.7 Å². The van der Waals surface area contributed by atoms with E-state index in [1.807, 2.05) is 0 Å². The average Bonchev–Trinajstić information content (AvgIpc) is 3.23. The van der Waals surface area contributed by atoms with Crippen LogP contribution in [0.3, 0.4) is 0 Å². The van der Waals surface area contributed by atoms with Crippen LogP contribution in [0.1, 0.15) is 72.1 Å². The summed E-state index contributed by atoms with van der Waals surface area (Å²) >= 11 is 6.13. The number of nitrogens with one attached hydrogen (secondary N) is 1. The molecule has 3 atom stereocenters. The maximum Gasteiger partial charge on any atom is 0.101 e. The minimum absolute atomic E-state index is 0.104. The number of para-hydroxylation sites is 1. The number of rotatable bonds is 4. The monoisotopic (exact) mass is 370 g/mol. The van der Waals surface area contributed by atoms with Gasteiger partial charge in [-0.15, -0.1) is 0 Å². The first kappa shape index (κ1) is 18.3. The van der Waals surface area contributed by atoms with Gasteiger partial charge in [-0.3, -0.25) is 10.4 Å². The predicted molar refractivity (Wildman–Crippen MR) is 114 cm³/mol. The van der Waals surface area contributed by atoms with Crippen molar-refractivity contribution in [3.8, 4) is 0 Å². The highest BCUT2D eigenvalue weighted by atomic mass is 32.1. The van der Waals surface area contributed by atoms with Crippen molar-refractivity contribution in [1.82, 2.24) is 5.43 Å². The molecular weight excluding hydrogens is 336 g/mol. The quantitative estimate of drug-likeness (QED) is 0.508. The Bertz CT molecular complexity index is 649. The Labute approximate surface area is 164 Å². The molecule has 2 bridgehead atoms. The molecular formula is C23H34N2S. The topological polar surface area (TPSA) is 15.3 Å². The largest absolute Gasteiger partial charge is 0.291 e. The van der Waals surface area contributed by atoms with Gasteiger partial charge in [0.05, 0.1) is 11.7 Å². The minimum atomic E-state index is 0.104. The van der Waals surface area contributed by atoms with Crippen molar-refractivity contribution in [3.05, 3.63) is 30.3 Å². The molecule has 3 fully saturated rings. The van der Waals surface area contributed by atoms with Crippen LogP contribution in [-0.2, 0) is 0 Å². The molecule has 1 aromatic carbocycles. The summed E-state index contributed by atoms with van der Waals surface area (Å²) in [7, 11) is 0. The molecule has 0 amide bonds. The van der Waals surface area contributed by atoms with E-state index in [0.717, 1.165) is 16.8 Å².